The van der Waals surface area contributed by atoms with Crippen LogP contribution in [0.3, 0.4) is 0 Å². The van der Waals surface area contributed by atoms with Crippen molar-refractivity contribution in [3.05, 3.63) is 29.8 Å². The Morgan fingerprint density at radius 1 is 1.33 bits per heavy atom. The molecule has 132 valence electrons. The van der Waals surface area contributed by atoms with E-state index < -0.39 is 21.9 Å². The number of anilines is 1. The summed E-state index contributed by atoms with van der Waals surface area (Å²) < 4.78 is 25.3. The topological polar surface area (TPSA) is 95.0 Å². The summed E-state index contributed by atoms with van der Waals surface area (Å²) in [5.41, 5.74) is 0.731. The summed E-state index contributed by atoms with van der Waals surface area (Å²) in [5, 5.41) is 9.01. The number of nitrogens with zero attached hydrogens (tertiary/aromatic N) is 2. The van der Waals surface area contributed by atoms with Gasteiger partial charge in [0.1, 0.15) is 6.54 Å². The van der Waals surface area contributed by atoms with Gasteiger partial charge < -0.3 is 10.0 Å². The fourth-order valence-electron chi connectivity index (χ4n) is 2.73. The first-order chi connectivity index (χ1) is 11.2. The fourth-order valence-corrected chi connectivity index (χ4v) is 4.29. The number of carboxylic acids is 1. The molecule has 1 aliphatic rings. The van der Waals surface area contributed by atoms with Crippen LogP contribution in [0.15, 0.2) is 24.3 Å². The highest BCUT2D eigenvalue weighted by molar-refractivity contribution is 7.93. The zero-order chi connectivity index (χ0) is 17.9. The van der Waals surface area contributed by atoms with E-state index in [1.165, 1.54) is 15.3 Å². The fraction of sp³-hybridized carbons (Fsp3) is 0.500. The maximum atomic E-state index is 12.6. The molecule has 8 heteroatoms. The van der Waals surface area contributed by atoms with Gasteiger partial charge in [0.05, 0.1) is 11.4 Å². The standard InChI is InChI=1S/C16H22N2O5S/c1-12(2)10-17(11-15(19)20)16(21)13-5-3-6-14(9-13)18-7-4-8-24(18,22)23/h3,5-6,9,12H,4,7-8,10-11H2,1-2H3,(H,19,20). The third-order valence-electron chi connectivity index (χ3n) is 3.68. The number of benzene rings is 1. The largest absolute Gasteiger partial charge is 0.480 e. The van der Waals surface area contributed by atoms with Crippen molar-refractivity contribution >= 4 is 27.6 Å². The Morgan fingerprint density at radius 3 is 2.58 bits per heavy atom. The van der Waals surface area contributed by atoms with Gasteiger partial charge in [0, 0.05) is 18.7 Å². The second kappa shape index (κ2) is 7.21. The zero-order valence-electron chi connectivity index (χ0n) is 13.8. The van der Waals surface area contributed by atoms with Crippen molar-refractivity contribution in [3.63, 3.8) is 0 Å². The molecular formula is C16H22N2O5S. The molecule has 1 saturated heterocycles. The van der Waals surface area contributed by atoms with Crippen LogP contribution in [0.1, 0.15) is 30.6 Å². The van der Waals surface area contributed by atoms with Gasteiger partial charge in [-0.15, -0.1) is 0 Å². The molecule has 0 aliphatic carbocycles. The van der Waals surface area contributed by atoms with Crippen molar-refractivity contribution in [3.8, 4) is 0 Å². The Hall–Kier alpha value is -2.09. The number of rotatable bonds is 6. The second-order valence-corrected chi connectivity index (χ2v) is 8.28. The number of sulfonamides is 1. The molecule has 24 heavy (non-hydrogen) atoms. The van der Waals surface area contributed by atoms with Crippen molar-refractivity contribution in [1.29, 1.82) is 0 Å². The first-order valence-electron chi connectivity index (χ1n) is 7.82. The van der Waals surface area contributed by atoms with Crippen LogP contribution in [0.5, 0.6) is 0 Å². The van der Waals surface area contributed by atoms with Gasteiger partial charge in [0.15, 0.2) is 0 Å². The van der Waals surface area contributed by atoms with E-state index in [2.05, 4.69) is 0 Å². The third-order valence-corrected chi connectivity index (χ3v) is 5.55. The Kier molecular flexibility index (Phi) is 5.48. The van der Waals surface area contributed by atoms with E-state index in [4.69, 9.17) is 5.11 Å². The molecule has 1 heterocycles. The normalized spacial score (nSPS) is 16.4. The molecule has 0 saturated carbocycles. The molecule has 0 bridgehead atoms. The number of carbonyl (C=O) groups excluding carboxylic acids is 1. The maximum absolute atomic E-state index is 12.6. The molecule has 1 aromatic carbocycles. The van der Waals surface area contributed by atoms with Crippen molar-refractivity contribution in [2.45, 2.75) is 20.3 Å². The summed E-state index contributed by atoms with van der Waals surface area (Å²) >= 11 is 0. The second-order valence-electron chi connectivity index (χ2n) is 6.27. The predicted molar refractivity (Wildman–Crippen MR) is 90.6 cm³/mol. The number of carbonyl (C=O) groups is 2. The Labute approximate surface area is 141 Å². The summed E-state index contributed by atoms with van der Waals surface area (Å²) in [4.78, 5) is 24.9. The molecule has 7 nitrogen and oxygen atoms in total. The number of aliphatic carboxylic acids is 1. The minimum atomic E-state index is -3.33. The first kappa shape index (κ1) is 18.3. The molecule has 0 atom stereocenters. The van der Waals surface area contributed by atoms with Gasteiger partial charge in [0.25, 0.3) is 5.91 Å². The Morgan fingerprint density at radius 2 is 2.04 bits per heavy atom. The van der Waals surface area contributed by atoms with Crippen LogP contribution in [-0.4, -0.2) is 55.7 Å². The van der Waals surface area contributed by atoms with Crippen LogP contribution < -0.4 is 4.31 Å². The lowest BCUT2D eigenvalue weighted by Gasteiger charge is -2.24. The van der Waals surface area contributed by atoms with Gasteiger partial charge in [0.2, 0.25) is 10.0 Å². The molecule has 0 aromatic heterocycles. The molecule has 0 spiro atoms. The summed E-state index contributed by atoms with van der Waals surface area (Å²) in [5.74, 6) is -1.27. The average molecular weight is 354 g/mol. The van der Waals surface area contributed by atoms with Gasteiger partial charge in [-0.2, -0.15) is 0 Å². The van der Waals surface area contributed by atoms with Crippen molar-refractivity contribution < 1.29 is 23.1 Å². The van der Waals surface area contributed by atoms with E-state index in [9.17, 15) is 18.0 Å². The van der Waals surface area contributed by atoms with Gasteiger partial charge in [-0.05, 0) is 30.5 Å². The van der Waals surface area contributed by atoms with Crippen LogP contribution in [0.25, 0.3) is 0 Å². The van der Waals surface area contributed by atoms with Gasteiger partial charge in [-0.3, -0.25) is 13.9 Å². The quantitative estimate of drug-likeness (QED) is 0.833. The van der Waals surface area contributed by atoms with Crippen molar-refractivity contribution in [1.82, 2.24) is 4.90 Å². The van der Waals surface area contributed by atoms with Crippen LogP contribution in [0, 0.1) is 5.92 Å². The van der Waals surface area contributed by atoms with E-state index in [1.807, 2.05) is 13.8 Å². The summed E-state index contributed by atoms with van der Waals surface area (Å²) in [6.07, 6.45) is 0.555. The van der Waals surface area contributed by atoms with Crippen LogP contribution in [0.4, 0.5) is 5.69 Å². The highest BCUT2D eigenvalue weighted by Gasteiger charge is 2.29. The molecule has 1 aliphatic heterocycles. The van der Waals surface area contributed by atoms with Crippen LogP contribution in [0.2, 0.25) is 0 Å². The highest BCUT2D eigenvalue weighted by Crippen LogP contribution is 2.25. The van der Waals surface area contributed by atoms with E-state index in [0.717, 1.165) is 0 Å². The highest BCUT2D eigenvalue weighted by atomic mass is 32.2. The SMILES string of the molecule is CC(C)CN(CC(=O)O)C(=O)c1cccc(N2CCCS2(=O)=O)c1. The number of hydrogen-bond donors (Lipinski definition) is 1. The summed E-state index contributed by atoms with van der Waals surface area (Å²) in [6, 6.07) is 6.35. The summed E-state index contributed by atoms with van der Waals surface area (Å²) in [7, 11) is -3.33. The molecule has 1 N–H and O–H groups in total. The maximum Gasteiger partial charge on any atom is 0.323 e. The van der Waals surface area contributed by atoms with Gasteiger partial charge in [-0.25, -0.2) is 8.42 Å². The smallest absolute Gasteiger partial charge is 0.323 e. The van der Waals surface area contributed by atoms with Crippen LogP contribution in [-0.2, 0) is 14.8 Å². The molecule has 1 aromatic rings. The first-order valence-corrected chi connectivity index (χ1v) is 9.43. The number of hydrogen-bond acceptors (Lipinski definition) is 4. The van der Waals surface area contributed by atoms with Gasteiger partial charge in [-0.1, -0.05) is 19.9 Å². The molecule has 0 unspecified atom stereocenters. The molecule has 1 fully saturated rings. The molecule has 2 rings (SSSR count). The van der Waals surface area contributed by atoms with E-state index >= 15 is 0 Å². The van der Waals surface area contributed by atoms with Crippen molar-refractivity contribution in [2.24, 2.45) is 5.92 Å². The van der Waals surface area contributed by atoms with E-state index in [0.29, 0.717) is 25.2 Å². The molecule has 0 radical (unpaired) electrons. The minimum Gasteiger partial charge on any atom is -0.480 e. The van der Waals surface area contributed by atoms with Crippen LogP contribution >= 0.6 is 0 Å². The minimum absolute atomic E-state index is 0.101. The lowest BCUT2D eigenvalue weighted by Crippen LogP contribution is -2.38. The number of carboxylic acid groups (broad SMARTS) is 1. The summed E-state index contributed by atoms with van der Waals surface area (Å²) in [6.45, 7) is 4.12. The molecular weight excluding hydrogens is 332 g/mol. The Balaban J connectivity index is 2.28. The third kappa shape index (κ3) is 4.25. The van der Waals surface area contributed by atoms with E-state index in [1.54, 1.807) is 18.2 Å². The Bertz CT molecular complexity index is 730. The van der Waals surface area contributed by atoms with Crippen molar-refractivity contribution in [2.75, 3.05) is 29.7 Å². The zero-order valence-corrected chi connectivity index (χ0v) is 14.6. The predicted octanol–water partition coefficient (Wildman–Crippen LogP) is 1.41. The van der Waals surface area contributed by atoms with E-state index in [-0.39, 0.29) is 23.8 Å². The lowest BCUT2D eigenvalue weighted by molar-refractivity contribution is -0.137. The lowest BCUT2D eigenvalue weighted by atomic mass is 10.1. The monoisotopic (exact) mass is 354 g/mol. The molecule has 1 amide bonds. The van der Waals surface area contributed by atoms with Gasteiger partial charge >= 0.3 is 5.97 Å². The average Bonchev–Trinajstić information content (AvgIpc) is 2.84. The number of amides is 1.